The van der Waals surface area contributed by atoms with Crippen LogP contribution in [0.3, 0.4) is 0 Å². The lowest BCUT2D eigenvalue weighted by molar-refractivity contribution is -0.387. The van der Waals surface area contributed by atoms with Crippen molar-refractivity contribution in [1.29, 1.82) is 0 Å². The standard InChI is InChI=1S/C23H21FN6O3/c1-4-15(31)10-14-12-25-23(26-18-11-20(30(32)33)17(24)9-13(18)2)27-21(14)22-16-7-5-6-8-19(16)29(3)28-22/h5-9,11-12H,4,10H2,1-3H3,(H,25,26,27). The van der Waals surface area contributed by atoms with Crippen molar-refractivity contribution in [3.05, 3.63) is 69.7 Å². The number of carbonyl (C=O) groups excluding carboxylic acids is 1. The summed E-state index contributed by atoms with van der Waals surface area (Å²) in [6.07, 6.45) is 2.08. The molecule has 2 aromatic heterocycles. The Morgan fingerprint density at radius 3 is 2.73 bits per heavy atom. The maximum Gasteiger partial charge on any atom is 0.306 e. The van der Waals surface area contributed by atoms with Crippen LogP contribution >= 0.6 is 0 Å². The molecule has 9 nitrogen and oxygen atoms in total. The van der Waals surface area contributed by atoms with Crippen molar-refractivity contribution in [2.24, 2.45) is 7.05 Å². The van der Waals surface area contributed by atoms with Crippen molar-refractivity contribution < 1.29 is 14.1 Å². The van der Waals surface area contributed by atoms with Crippen molar-refractivity contribution in [2.75, 3.05) is 5.32 Å². The van der Waals surface area contributed by atoms with Crippen LogP contribution in [0, 0.1) is 22.9 Å². The number of benzene rings is 2. The summed E-state index contributed by atoms with van der Waals surface area (Å²) in [6, 6.07) is 9.86. The van der Waals surface area contributed by atoms with E-state index in [1.54, 1.807) is 24.7 Å². The van der Waals surface area contributed by atoms with Crippen LogP contribution in [-0.2, 0) is 18.3 Å². The topological polar surface area (TPSA) is 116 Å². The Bertz CT molecular complexity index is 1400. The van der Waals surface area contributed by atoms with E-state index in [9.17, 15) is 19.3 Å². The van der Waals surface area contributed by atoms with Crippen LogP contribution in [0.5, 0.6) is 0 Å². The van der Waals surface area contributed by atoms with Crippen LogP contribution in [0.25, 0.3) is 22.3 Å². The van der Waals surface area contributed by atoms with Gasteiger partial charge < -0.3 is 5.32 Å². The van der Waals surface area contributed by atoms with Gasteiger partial charge in [-0.25, -0.2) is 9.97 Å². The number of Topliss-reactive ketones (excluding diaryl/α,β-unsaturated/α-hetero) is 1. The number of hydrogen-bond donors (Lipinski definition) is 1. The summed E-state index contributed by atoms with van der Waals surface area (Å²) >= 11 is 0. The van der Waals surface area contributed by atoms with Gasteiger partial charge in [0.1, 0.15) is 17.2 Å². The summed E-state index contributed by atoms with van der Waals surface area (Å²) in [7, 11) is 1.82. The van der Waals surface area contributed by atoms with Gasteiger partial charge in [0.25, 0.3) is 0 Å². The van der Waals surface area contributed by atoms with E-state index in [0.717, 1.165) is 23.0 Å². The van der Waals surface area contributed by atoms with Crippen LogP contribution < -0.4 is 5.32 Å². The van der Waals surface area contributed by atoms with E-state index in [1.807, 2.05) is 31.3 Å². The van der Waals surface area contributed by atoms with E-state index >= 15 is 0 Å². The minimum absolute atomic E-state index is 0.0331. The van der Waals surface area contributed by atoms with Gasteiger partial charge in [0.15, 0.2) is 0 Å². The van der Waals surface area contributed by atoms with Gasteiger partial charge in [-0.3, -0.25) is 19.6 Å². The molecule has 0 fully saturated rings. The van der Waals surface area contributed by atoms with Gasteiger partial charge >= 0.3 is 5.69 Å². The normalized spacial score (nSPS) is 11.0. The molecule has 0 radical (unpaired) electrons. The number of nitrogens with zero attached hydrogens (tertiary/aromatic N) is 5. The lowest BCUT2D eigenvalue weighted by Gasteiger charge is -2.12. The molecule has 33 heavy (non-hydrogen) atoms. The predicted molar refractivity (Wildman–Crippen MR) is 122 cm³/mol. The zero-order valence-corrected chi connectivity index (χ0v) is 18.3. The second kappa shape index (κ2) is 8.73. The number of aromatic nitrogens is 4. The van der Waals surface area contributed by atoms with Crippen LogP contribution in [0.15, 0.2) is 42.6 Å². The fourth-order valence-electron chi connectivity index (χ4n) is 3.58. The van der Waals surface area contributed by atoms with E-state index < -0.39 is 16.4 Å². The van der Waals surface area contributed by atoms with Gasteiger partial charge in [-0.2, -0.15) is 9.49 Å². The molecule has 0 unspecified atom stereocenters. The SMILES string of the molecule is CCC(=O)Cc1cnc(Nc2cc([N+](=O)[O-])c(F)cc2C)nc1-c1nn(C)c2ccccc12. The van der Waals surface area contributed by atoms with Crippen LogP contribution in [0.4, 0.5) is 21.7 Å². The van der Waals surface area contributed by atoms with Crippen LogP contribution in [-0.4, -0.2) is 30.5 Å². The Hall–Kier alpha value is -4.21. The molecule has 0 saturated carbocycles. The number of nitro groups is 1. The maximum atomic E-state index is 13.9. The monoisotopic (exact) mass is 448 g/mol. The zero-order chi connectivity index (χ0) is 23.7. The molecule has 0 aliphatic carbocycles. The summed E-state index contributed by atoms with van der Waals surface area (Å²) < 4.78 is 15.7. The molecule has 10 heteroatoms. The Balaban J connectivity index is 1.83. The van der Waals surface area contributed by atoms with E-state index in [2.05, 4.69) is 20.4 Å². The molecule has 0 aliphatic rings. The Kier molecular flexibility index (Phi) is 5.82. The highest BCUT2D eigenvalue weighted by molar-refractivity contribution is 5.94. The van der Waals surface area contributed by atoms with Crippen molar-refractivity contribution in [3.8, 4) is 11.4 Å². The number of fused-ring (bicyclic) bond motifs is 1. The summed E-state index contributed by atoms with van der Waals surface area (Å²) in [5, 5.41) is 19.6. The second-order valence-corrected chi connectivity index (χ2v) is 7.63. The van der Waals surface area contributed by atoms with Gasteiger partial charge in [0, 0.05) is 43.1 Å². The molecule has 0 amide bonds. The van der Waals surface area contributed by atoms with Crippen molar-refractivity contribution in [2.45, 2.75) is 26.7 Å². The highest BCUT2D eigenvalue weighted by atomic mass is 19.1. The molecule has 2 aromatic carbocycles. The number of ketones is 1. The van der Waals surface area contributed by atoms with Crippen molar-refractivity contribution in [1.82, 2.24) is 19.7 Å². The summed E-state index contributed by atoms with van der Waals surface area (Å²) in [6.45, 7) is 3.41. The van der Waals surface area contributed by atoms with Gasteiger partial charge in [-0.15, -0.1) is 0 Å². The van der Waals surface area contributed by atoms with E-state index in [1.165, 1.54) is 0 Å². The van der Waals surface area contributed by atoms with Crippen LogP contribution in [0.1, 0.15) is 24.5 Å². The minimum atomic E-state index is -0.918. The Morgan fingerprint density at radius 2 is 2.00 bits per heavy atom. The fraction of sp³-hybridized carbons (Fsp3) is 0.217. The number of nitrogens with one attached hydrogen (secondary N) is 1. The molecule has 4 aromatic rings. The fourth-order valence-corrected chi connectivity index (χ4v) is 3.58. The molecule has 0 spiro atoms. The lowest BCUT2D eigenvalue weighted by Crippen LogP contribution is -2.08. The van der Waals surface area contributed by atoms with Crippen LogP contribution in [0.2, 0.25) is 0 Å². The molecule has 4 rings (SSSR count). The molecule has 1 N–H and O–H groups in total. The number of aryl methyl sites for hydroxylation is 2. The largest absolute Gasteiger partial charge is 0.324 e. The molecular formula is C23H21FN6O3. The third-order valence-electron chi connectivity index (χ3n) is 5.37. The number of hydrogen-bond acceptors (Lipinski definition) is 7. The smallest absolute Gasteiger partial charge is 0.306 e. The van der Waals surface area contributed by atoms with E-state index in [-0.39, 0.29) is 18.2 Å². The minimum Gasteiger partial charge on any atom is -0.324 e. The lowest BCUT2D eigenvalue weighted by atomic mass is 10.0. The van der Waals surface area contributed by atoms with Gasteiger partial charge in [-0.05, 0) is 24.6 Å². The molecular weight excluding hydrogens is 427 g/mol. The van der Waals surface area contributed by atoms with E-state index in [0.29, 0.717) is 34.6 Å². The number of anilines is 2. The van der Waals surface area contributed by atoms with Crippen molar-refractivity contribution >= 4 is 34.0 Å². The van der Waals surface area contributed by atoms with E-state index in [4.69, 9.17) is 0 Å². The summed E-state index contributed by atoms with van der Waals surface area (Å²) in [5.41, 5.74) is 2.72. The third-order valence-corrected chi connectivity index (χ3v) is 5.37. The molecule has 0 aliphatic heterocycles. The van der Waals surface area contributed by atoms with Gasteiger partial charge in [0.2, 0.25) is 11.8 Å². The number of halogens is 1. The van der Waals surface area contributed by atoms with Gasteiger partial charge in [-0.1, -0.05) is 25.1 Å². The molecule has 168 valence electrons. The first kappa shape index (κ1) is 22.0. The Morgan fingerprint density at radius 1 is 1.24 bits per heavy atom. The Labute approximate surface area is 188 Å². The number of para-hydroxylation sites is 1. The summed E-state index contributed by atoms with van der Waals surface area (Å²) in [4.78, 5) is 31.5. The highest BCUT2D eigenvalue weighted by Gasteiger charge is 2.20. The first-order valence-corrected chi connectivity index (χ1v) is 10.3. The predicted octanol–water partition coefficient (Wildman–Crippen LogP) is 4.65. The average molecular weight is 448 g/mol. The zero-order valence-electron chi connectivity index (χ0n) is 18.3. The molecule has 0 saturated heterocycles. The second-order valence-electron chi connectivity index (χ2n) is 7.63. The van der Waals surface area contributed by atoms with Crippen molar-refractivity contribution in [3.63, 3.8) is 0 Å². The highest BCUT2D eigenvalue weighted by Crippen LogP contribution is 2.31. The maximum absolute atomic E-state index is 13.9. The number of nitro benzene ring substituents is 1. The molecule has 0 bridgehead atoms. The van der Waals surface area contributed by atoms with Gasteiger partial charge in [0.05, 0.1) is 16.1 Å². The first-order chi connectivity index (χ1) is 15.8. The number of carbonyl (C=O) groups is 1. The first-order valence-electron chi connectivity index (χ1n) is 10.3. The summed E-state index contributed by atoms with van der Waals surface area (Å²) in [5.74, 6) is -0.736. The molecule has 0 atom stereocenters. The quantitative estimate of drug-likeness (QED) is 0.323. The third kappa shape index (κ3) is 4.27. The number of rotatable bonds is 7. The molecule has 2 heterocycles. The average Bonchev–Trinajstić information content (AvgIpc) is 3.12.